The summed E-state index contributed by atoms with van der Waals surface area (Å²) in [5.41, 5.74) is 3.27. The van der Waals surface area contributed by atoms with E-state index in [2.05, 4.69) is 10.5 Å². The van der Waals surface area contributed by atoms with Gasteiger partial charge in [-0.1, -0.05) is 23.2 Å². The standard InChI is InChI=1S/C19H19Cl2N3O4S2/c1-30(26,27)24(16-7-14(20)6-15(21)8-16)10-19(25)23-22-9-13-2-4-17(5-3-13)28-18-11-29-12-18/h2-9,18H,10-12H2,1H3,(H,23,25)/b22-9-. The Hall–Kier alpha value is -1.94. The zero-order chi connectivity index (χ0) is 21.7. The molecule has 1 aliphatic heterocycles. The minimum Gasteiger partial charge on any atom is -0.489 e. The minimum atomic E-state index is -3.75. The number of amides is 1. The van der Waals surface area contributed by atoms with E-state index < -0.39 is 22.5 Å². The lowest BCUT2D eigenvalue weighted by Gasteiger charge is -2.25. The first-order chi connectivity index (χ1) is 14.2. The molecule has 30 heavy (non-hydrogen) atoms. The molecular formula is C19H19Cl2N3O4S2. The highest BCUT2D eigenvalue weighted by Gasteiger charge is 2.22. The van der Waals surface area contributed by atoms with Crippen LogP contribution in [0.25, 0.3) is 0 Å². The third kappa shape index (κ3) is 6.53. The lowest BCUT2D eigenvalue weighted by Crippen LogP contribution is -2.39. The molecule has 1 saturated heterocycles. The number of sulfonamides is 1. The van der Waals surface area contributed by atoms with Crippen molar-refractivity contribution >= 4 is 62.8 Å². The van der Waals surface area contributed by atoms with Crippen LogP contribution < -0.4 is 14.5 Å². The summed E-state index contributed by atoms with van der Waals surface area (Å²) in [6.07, 6.45) is 2.72. The minimum absolute atomic E-state index is 0.189. The summed E-state index contributed by atoms with van der Waals surface area (Å²) in [5.74, 6) is 2.17. The fourth-order valence-corrected chi connectivity index (χ4v) is 4.45. The van der Waals surface area contributed by atoms with Crippen molar-refractivity contribution in [3.05, 3.63) is 58.1 Å². The SMILES string of the molecule is CS(=O)(=O)N(CC(=O)N/N=C\c1ccc(OC2CSC2)cc1)c1cc(Cl)cc(Cl)c1. The van der Waals surface area contributed by atoms with Crippen LogP contribution in [-0.4, -0.2) is 50.9 Å². The quantitative estimate of drug-likeness (QED) is 0.455. The Morgan fingerprint density at radius 1 is 1.23 bits per heavy atom. The van der Waals surface area contributed by atoms with Gasteiger partial charge in [0.25, 0.3) is 5.91 Å². The number of anilines is 1. The van der Waals surface area contributed by atoms with E-state index in [1.807, 2.05) is 36.0 Å². The van der Waals surface area contributed by atoms with E-state index in [-0.39, 0.29) is 21.8 Å². The van der Waals surface area contributed by atoms with E-state index in [1.54, 1.807) is 0 Å². The Kier molecular flexibility index (Phi) is 7.51. The summed E-state index contributed by atoms with van der Waals surface area (Å²) in [7, 11) is -3.75. The van der Waals surface area contributed by atoms with Crippen LogP contribution in [0.2, 0.25) is 10.0 Å². The fourth-order valence-electron chi connectivity index (χ4n) is 2.53. The molecule has 1 aliphatic rings. The van der Waals surface area contributed by atoms with Crippen molar-refractivity contribution in [1.82, 2.24) is 5.43 Å². The monoisotopic (exact) mass is 487 g/mol. The number of carbonyl (C=O) groups excluding carboxylic acids is 1. The fraction of sp³-hybridized carbons (Fsp3) is 0.263. The van der Waals surface area contributed by atoms with Crippen LogP contribution in [0.3, 0.4) is 0 Å². The largest absolute Gasteiger partial charge is 0.489 e. The van der Waals surface area contributed by atoms with Crippen LogP contribution >= 0.6 is 35.0 Å². The summed E-state index contributed by atoms with van der Waals surface area (Å²) < 4.78 is 30.9. The van der Waals surface area contributed by atoms with E-state index in [0.717, 1.165) is 33.4 Å². The molecule has 0 aliphatic carbocycles. The second-order valence-corrected chi connectivity index (χ2v) is 10.4. The Morgan fingerprint density at radius 2 is 1.87 bits per heavy atom. The maximum atomic E-state index is 12.2. The summed E-state index contributed by atoms with van der Waals surface area (Å²) in [4.78, 5) is 12.2. The number of hydrogen-bond acceptors (Lipinski definition) is 6. The van der Waals surface area contributed by atoms with Crippen molar-refractivity contribution < 1.29 is 17.9 Å². The third-order valence-corrected chi connectivity index (χ3v) is 6.81. The van der Waals surface area contributed by atoms with Crippen LogP contribution in [0.5, 0.6) is 5.75 Å². The number of benzene rings is 2. The normalized spacial score (nSPS) is 14.4. The van der Waals surface area contributed by atoms with Gasteiger partial charge >= 0.3 is 0 Å². The Labute approximate surface area is 189 Å². The number of nitrogens with zero attached hydrogens (tertiary/aromatic N) is 2. The van der Waals surface area contributed by atoms with Crippen molar-refractivity contribution in [2.75, 3.05) is 28.6 Å². The molecule has 1 heterocycles. The number of thioether (sulfide) groups is 1. The van der Waals surface area contributed by atoms with Gasteiger partial charge in [-0.3, -0.25) is 9.10 Å². The smallest absolute Gasteiger partial charge is 0.260 e. The van der Waals surface area contributed by atoms with Crippen molar-refractivity contribution in [2.24, 2.45) is 5.10 Å². The third-order valence-electron chi connectivity index (χ3n) is 4.02. The lowest BCUT2D eigenvalue weighted by molar-refractivity contribution is -0.119. The van der Waals surface area contributed by atoms with Crippen LogP contribution in [0.1, 0.15) is 5.56 Å². The second kappa shape index (κ2) is 9.91. The van der Waals surface area contributed by atoms with E-state index in [4.69, 9.17) is 27.9 Å². The Bertz CT molecular complexity index is 1020. The van der Waals surface area contributed by atoms with Gasteiger partial charge in [0.1, 0.15) is 18.4 Å². The molecule has 0 radical (unpaired) electrons. The van der Waals surface area contributed by atoms with Gasteiger partial charge in [0.2, 0.25) is 10.0 Å². The molecule has 1 amide bonds. The number of ether oxygens (including phenoxy) is 1. The van der Waals surface area contributed by atoms with Crippen molar-refractivity contribution in [1.29, 1.82) is 0 Å². The highest BCUT2D eigenvalue weighted by molar-refractivity contribution is 8.00. The topological polar surface area (TPSA) is 88.1 Å². The number of halogens is 2. The van der Waals surface area contributed by atoms with E-state index in [9.17, 15) is 13.2 Å². The molecule has 0 spiro atoms. The maximum absolute atomic E-state index is 12.2. The number of hydrazone groups is 1. The highest BCUT2D eigenvalue weighted by Crippen LogP contribution is 2.27. The summed E-state index contributed by atoms with van der Waals surface area (Å²) in [6, 6.07) is 11.6. The Balaban J connectivity index is 1.60. The predicted molar refractivity (Wildman–Crippen MR) is 123 cm³/mol. The first-order valence-electron chi connectivity index (χ1n) is 8.81. The van der Waals surface area contributed by atoms with Crippen molar-refractivity contribution in [2.45, 2.75) is 6.10 Å². The number of rotatable bonds is 8. The van der Waals surface area contributed by atoms with Crippen LogP contribution in [0.4, 0.5) is 5.69 Å². The molecule has 11 heteroatoms. The molecule has 1 fully saturated rings. The first-order valence-corrected chi connectivity index (χ1v) is 12.6. The molecule has 0 atom stereocenters. The van der Waals surface area contributed by atoms with Gasteiger partial charge in [0.05, 0.1) is 18.2 Å². The van der Waals surface area contributed by atoms with E-state index >= 15 is 0 Å². The Morgan fingerprint density at radius 3 is 2.40 bits per heavy atom. The van der Waals surface area contributed by atoms with Crippen LogP contribution in [0, 0.1) is 0 Å². The molecule has 0 aromatic heterocycles. The molecule has 3 rings (SSSR count). The molecular weight excluding hydrogens is 469 g/mol. The molecule has 0 unspecified atom stereocenters. The summed E-state index contributed by atoms with van der Waals surface area (Å²) in [5, 5.41) is 4.40. The molecule has 0 bridgehead atoms. The lowest BCUT2D eigenvalue weighted by atomic mass is 10.2. The average molecular weight is 488 g/mol. The van der Waals surface area contributed by atoms with Gasteiger partial charge in [0.15, 0.2) is 0 Å². The number of hydrogen-bond donors (Lipinski definition) is 1. The molecule has 0 saturated carbocycles. The van der Waals surface area contributed by atoms with Gasteiger partial charge in [0, 0.05) is 21.6 Å². The van der Waals surface area contributed by atoms with Crippen LogP contribution in [-0.2, 0) is 14.8 Å². The van der Waals surface area contributed by atoms with Crippen molar-refractivity contribution in [3.8, 4) is 5.75 Å². The number of nitrogens with one attached hydrogen (secondary N) is 1. The summed E-state index contributed by atoms with van der Waals surface area (Å²) in [6.45, 7) is -0.473. The average Bonchev–Trinajstić information content (AvgIpc) is 2.62. The van der Waals surface area contributed by atoms with Crippen molar-refractivity contribution in [3.63, 3.8) is 0 Å². The predicted octanol–water partition coefficient (Wildman–Crippen LogP) is 3.40. The molecule has 2 aromatic carbocycles. The number of carbonyl (C=O) groups is 1. The van der Waals surface area contributed by atoms with Gasteiger partial charge in [-0.25, -0.2) is 13.8 Å². The highest BCUT2D eigenvalue weighted by atomic mass is 35.5. The zero-order valence-corrected chi connectivity index (χ0v) is 19.1. The maximum Gasteiger partial charge on any atom is 0.260 e. The van der Waals surface area contributed by atoms with E-state index in [0.29, 0.717) is 0 Å². The van der Waals surface area contributed by atoms with E-state index in [1.165, 1.54) is 24.4 Å². The van der Waals surface area contributed by atoms with Crippen LogP contribution in [0.15, 0.2) is 47.6 Å². The first kappa shape index (κ1) is 22.7. The van der Waals surface area contributed by atoms with Gasteiger partial charge in [-0.15, -0.1) is 0 Å². The van der Waals surface area contributed by atoms with Gasteiger partial charge in [-0.05, 0) is 48.0 Å². The molecule has 1 N–H and O–H groups in total. The molecule has 160 valence electrons. The molecule has 7 nitrogen and oxygen atoms in total. The summed E-state index contributed by atoms with van der Waals surface area (Å²) >= 11 is 13.7. The van der Waals surface area contributed by atoms with Gasteiger partial charge < -0.3 is 4.74 Å². The van der Waals surface area contributed by atoms with Gasteiger partial charge in [-0.2, -0.15) is 16.9 Å². The molecule has 2 aromatic rings. The second-order valence-electron chi connectivity index (χ2n) is 6.54. The zero-order valence-electron chi connectivity index (χ0n) is 15.9.